The number of nitrogens with zero attached hydrogens (tertiary/aromatic N) is 3. The molecule has 1 aromatic heterocycles. The number of benzene rings is 1. The number of hydrogen-bond acceptors (Lipinski definition) is 5. The number of piperidine rings is 1. The van der Waals surface area contributed by atoms with Crippen LogP contribution in [-0.2, 0) is 4.79 Å². The Hall–Kier alpha value is -2.70. The van der Waals surface area contributed by atoms with Gasteiger partial charge in [-0.2, -0.15) is 0 Å². The third-order valence-electron chi connectivity index (χ3n) is 4.06. The summed E-state index contributed by atoms with van der Waals surface area (Å²) in [5.41, 5.74) is 0. The van der Waals surface area contributed by atoms with E-state index in [2.05, 4.69) is 20.2 Å². The predicted octanol–water partition coefficient (Wildman–Crippen LogP) is 3.01. The zero-order valence-electron chi connectivity index (χ0n) is 14.1. The van der Waals surface area contributed by atoms with Crippen LogP contribution in [0.4, 0.5) is 16.0 Å². The van der Waals surface area contributed by atoms with Gasteiger partial charge in [0.25, 0.3) is 5.91 Å². The van der Waals surface area contributed by atoms with Crippen molar-refractivity contribution in [1.29, 1.82) is 0 Å². The van der Waals surface area contributed by atoms with Gasteiger partial charge in [0.05, 0.1) is 0 Å². The first kappa shape index (κ1) is 17.1. The first-order chi connectivity index (χ1) is 12.1. The maximum Gasteiger partial charge on any atom is 0.266 e. The van der Waals surface area contributed by atoms with Crippen LogP contribution in [0.2, 0.25) is 0 Å². The average Bonchev–Trinajstić information content (AvgIpc) is 2.62. The summed E-state index contributed by atoms with van der Waals surface area (Å²) < 4.78 is 18.7. The van der Waals surface area contributed by atoms with Crippen LogP contribution in [0, 0.1) is 5.82 Å². The molecule has 6 nitrogen and oxygen atoms in total. The summed E-state index contributed by atoms with van der Waals surface area (Å²) in [4.78, 5) is 22.8. The molecule has 1 saturated heterocycles. The molecule has 1 amide bonds. The van der Waals surface area contributed by atoms with Gasteiger partial charge in [0.1, 0.15) is 29.5 Å². The van der Waals surface area contributed by atoms with Gasteiger partial charge in [0.2, 0.25) is 0 Å². The second-order valence-electron chi connectivity index (χ2n) is 6.02. The quantitative estimate of drug-likeness (QED) is 0.903. The number of carbonyl (C=O) groups excluding carboxylic acids is 1. The molecule has 1 aliphatic rings. The smallest absolute Gasteiger partial charge is 0.266 e. The molecule has 0 spiro atoms. The first-order valence-corrected chi connectivity index (χ1v) is 8.42. The minimum Gasteiger partial charge on any atom is -0.481 e. The SMILES string of the molecule is CC(Oc1cccc(F)c1)C(=O)Nc1cc(N2CCCCC2)ncn1. The second-order valence-corrected chi connectivity index (χ2v) is 6.02. The molecule has 1 unspecified atom stereocenters. The lowest BCUT2D eigenvalue weighted by Gasteiger charge is -2.27. The molecular formula is C18H21FN4O2. The Morgan fingerprint density at radius 3 is 2.80 bits per heavy atom. The lowest BCUT2D eigenvalue weighted by Crippen LogP contribution is -2.32. The number of ether oxygens (including phenoxy) is 1. The lowest BCUT2D eigenvalue weighted by atomic mass is 10.1. The van der Waals surface area contributed by atoms with Crippen LogP contribution in [0.25, 0.3) is 0 Å². The molecule has 0 aliphatic carbocycles. The predicted molar refractivity (Wildman–Crippen MR) is 93.2 cm³/mol. The molecule has 0 saturated carbocycles. The number of rotatable bonds is 5. The van der Waals surface area contributed by atoms with Crippen molar-refractivity contribution in [3.63, 3.8) is 0 Å². The van der Waals surface area contributed by atoms with Gasteiger partial charge in [-0.25, -0.2) is 14.4 Å². The van der Waals surface area contributed by atoms with Crippen molar-refractivity contribution in [2.24, 2.45) is 0 Å². The highest BCUT2D eigenvalue weighted by Gasteiger charge is 2.17. The maximum absolute atomic E-state index is 13.2. The van der Waals surface area contributed by atoms with E-state index < -0.39 is 11.9 Å². The minimum absolute atomic E-state index is 0.305. The standard InChI is InChI=1S/C18H21FN4O2/c1-13(25-15-7-5-6-14(19)10-15)18(24)22-16-11-17(21-12-20-16)23-8-3-2-4-9-23/h5-7,10-13H,2-4,8-9H2,1H3,(H,20,21,22,24). The number of aromatic nitrogens is 2. The molecule has 2 heterocycles. The van der Waals surface area contributed by atoms with Gasteiger partial charge >= 0.3 is 0 Å². The van der Waals surface area contributed by atoms with Gasteiger partial charge in [-0.3, -0.25) is 4.79 Å². The first-order valence-electron chi connectivity index (χ1n) is 8.42. The number of halogens is 1. The Balaban J connectivity index is 1.62. The van der Waals surface area contributed by atoms with Crippen LogP contribution in [0.1, 0.15) is 26.2 Å². The number of anilines is 2. The molecule has 0 bridgehead atoms. The number of hydrogen-bond donors (Lipinski definition) is 1. The average molecular weight is 344 g/mol. The molecule has 25 heavy (non-hydrogen) atoms. The van der Waals surface area contributed by atoms with Crippen molar-refractivity contribution in [1.82, 2.24) is 9.97 Å². The normalized spacial score (nSPS) is 15.5. The van der Waals surface area contributed by atoms with Crippen LogP contribution in [-0.4, -0.2) is 35.1 Å². The van der Waals surface area contributed by atoms with E-state index in [-0.39, 0.29) is 5.91 Å². The molecular weight excluding hydrogens is 323 g/mol. The largest absolute Gasteiger partial charge is 0.481 e. The molecule has 1 N–H and O–H groups in total. The third-order valence-corrected chi connectivity index (χ3v) is 4.06. The summed E-state index contributed by atoms with van der Waals surface area (Å²) in [7, 11) is 0. The minimum atomic E-state index is -0.782. The third kappa shape index (κ3) is 4.65. The summed E-state index contributed by atoms with van der Waals surface area (Å²) in [6.07, 6.45) is 4.18. The fraction of sp³-hybridized carbons (Fsp3) is 0.389. The van der Waals surface area contributed by atoms with Gasteiger partial charge in [0.15, 0.2) is 6.10 Å². The van der Waals surface area contributed by atoms with E-state index in [0.29, 0.717) is 11.6 Å². The van der Waals surface area contributed by atoms with E-state index in [1.807, 2.05) is 0 Å². The van der Waals surface area contributed by atoms with Crippen LogP contribution in [0.3, 0.4) is 0 Å². The highest BCUT2D eigenvalue weighted by atomic mass is 19.1. The Labute approximate surface area is 146 Å². The van der Waals surface area contributed by atoms with Gasteiger partial charge in [-0.1, -0.05) is 6.07 Å². The Morgan fingerprint density at radius 1 is 1.24 bits per heavy atom. The van der Waals surface area contributed by atoms with E-state index in [9.17, 15) is 9.18 Å². The van der Waals surface area contributed by atoms with Crippen molar-refractivity contribution < 1.29 is 13.9 Å². The van der Waals surface area contributed by atoms with E-state index in [4.69, 9.17) is 4.74 Å². The van der Waals surface area contributed by atoms with Crippen LogP contribution < -0.4 is 15.0 Å². The summed E-state index contributed by atoms with van der Waals surface area (Å²) in [5.74, 6) is 0.776. The maximum atomic E-state index is 13.2. The number of nitrogens with one attached hydrogen (secondary N) is 1. The highest BCUT2D eigenvalue weighted by Crippen LogP contribution is 2.19. The van der Waals surface area contributed by atoms with E-state index in [0.717, 1.165) is 31.7 Å². The molecule has 1 atom stereocenters. The highest BCUT2D eigenvalue weighted by molar-refractivity contribution is 5.93. The van der Waals surface area contributed by atoms with Crippen molar-refractivity contribution in [2.75, 3.05) is 23.3 Å². The van der Waals surface area contributed by atoms with Gasteiger partial charge in [0, 0.05) is 25.2 Å². The molecule has 132 valence electrons. The van der Waals surface area contributed by atoms with Gasteiger partial charge < -0.3 is 15.0 Å². The molecule has 2 aromatic rings. The van der Waals surface area contributed by atoms with Gasteiger partial charge in [-0.15, -0.1) is 0 Å². The van der Waals surface area contributed by atoms with Crippen LogP contribution in [0.15, 0.2) is 36.7 Å². The molecule has 1 aromatic carbocycles. The Kier molecular flexibility index (Phi) is 5.42. The van der Waals surface area contributed by atoms with Crippen molar-refractivity contribution >= 4 is 17.5 Å². The molecule has 1 fully saturated rings. The second kappa shape index (κ2) is 7.92. The zero-order valence-corrected chi connectivity index (χ0v) is 14.1. The Bertz CT molecular complexity index is 735. The summed E-state index contributed by atoms with van der Waals surface area (Å²) in [5, 5.41) is 2.72. The Morgan fingerprint density at radius 2 is 2.04 bits per heavy atom. The number of carbonyl (C=O) groups is 1. The lowest BCUT2D eigenvalue weighted by molar-refractivity contribution is -0.122. The summed E-state index contributed by atoms with van der Waals surface area (Å²) in [6, 6.07) is 7.46. The molecule has 7 heteroatoms. The molecule has 1 aliphatic heterocycles. The monoisotopic (exact) mass is 344 g/mol. The zero-order chi connectivity index (χ0) is 17.6. The molecule has 3 rings (SSSR count). The van der Waals surface area contributed by atoms with Crippen molar-refractivity contribution in [3.05, 3.63) is 42.5 Å². The van der Waals surface area contributed by atoms with E-state index in [1.165, 1.54) is 30.9 Å². The van der Waals surface area contributed by atoms with Crippen molar-refractivity contribution in [3.8, 4) is 5.75 Å². The van der Waals surface area contributed by atoms with Crippen molar-refractivity contribution in [2.45, 2.75) is 32.3 Å². The summed E-state index contributed by atoms with van der Waals surface area (Å²) in [6.45, 7) is 3.53. The fourth-order valence-electron chi connectivity index (χ4n) is 2.74. The van der Waals surface area contributed by atoms with Crippen LogP contribution in [0.5, 0.6) is 5.75 Å². The topological polar surface area (TPSA) is 67.3 Å². The van der Waals surface area contributed by atoms with E-state index in [1.54, 1.807) is 19.1 Å². The molecule has 0 radical (unpaired) electrons. The van der Waals surface area contributed by atoms with Gasteiger partial charge in [-0.05, 0) is 38.3 Å². The van der Waals surface area contributed by atoms with Crippen LogP contribution >= 0.6 is 0 Å². The summed E-state index contributed by atoms with van der Waals surface area (Å²) >= 11 is 0. The van der Waals surface area contributed by atoms with E-state index >= 15 is 0 Å². The number of amides is 1. The fourth-order valence-corrected chi connectivity index (χ4v) is 2.74.